The van der Waals surface area contributed by atoms with E-state index in [1.165, 1.54) is 17.0 Å². The molecule has 0 aromatic heterocycles. The predicted octanol–water partition coefficient (Wildman–Crippen LogP) is 0.597. The van der Waals surface area contributed by atoms with Crippen molar-refractivity contribution in [3.63, 3.8) is 0 Å². The number of hydrogen-bond acceptors (Lipinski definition) is 3. The molecule has 5 nitrogen and oxygen atoms in total. The smallest absolute Gasteiger partial charge is 0.283 e. The molecule has 0 spiro atoms. The summed E-state index contributed by atoms with van der Waals surface area (Å²) in [5, 5.41) is 8.76. The highest BCUT2D eigenvalue weighted by molar-refractivity contribution is 7.90. The van der Waals surface area contributed by atoms with Crippen LogP contribution >= 0.6 is 0 Å². The largest absolute Gasteiger partial charge is 0.392 e. The third-order valence-corrected chi connectivity index (χ3v) is 3.13. The number of hydrogen-bond donors (Lipinski definition) is 1. The molecule has 0 bridgehead atoms. The zero-order valence-electron chi connectivity index (χ0n) is 9.46. The molecule has 1 rings (SSSR count). The van der Waals surface area contributed by atoms with Crippen molar-refractivity contribution in [3.05, 3.63) is 29.6 Å². The van der Waals surface area contributed by atoms with Gasteiger partial charge in [-0.05, 0) is 12.1 Å². The Morgan fingerprint density at radius 3 is 2.59 bits per heavy atom. The summed E-state index contributed by atoms with van der Waals surface area (Å²) in [6.07, 6.45) is 1.12. The van der Waals surface area contributed by atoms with Crippen LogP contribution in [0.15, 0.2) is 27.5 Å². The third-order valence-electron chi connectivity index (χ3n) is 1.91. The van der Waals surface area contributed by atoms with Gasteiger partial charge < -0.3 is 10.0 Å². The van der Waals surface area contributed by atoms with E-state index in [9.17, 15) is 12.8 Å². The van der Waals surface area contributed by atoms with E-state index < -0.39 is 22.4 Å². The normalized spacial score (nSPS) is 12.0. The first-order valence-electron chi connectivity index (χ1n) is 4.73. The summed E-state index contributed by atoms with van der Waals surface area (Å²) < 4.78 is 39.9. The first-order chi connectivity index (χ1) is 7.86. The average molecular weight is 260 g/mol. The molecule has 0 aliphatic carbocycles. The van der Waals surface area contributed by atoms with Gasteiger partial charge in [0.15, 0.2) is 0 Å². The van der Waals surface area contributed by atoms with Gasteiger partial charge in [-0.3, -0.25) is 0 Å². The molecule has 0 fully saturated rings. The van der Waals surface area contributed by atoms with Crippen LogP contribution in [0.3, 0.4) is 0 Å². The van der Waals surface area contributed by atoms with Gasteiger partial charge in [-0.1, -0.05) is 6.07 Å². The molecule has 0 aliphatic rings. The minimum absolute atomic E-state index is 0.0422. The molecule has 7 heteroatoms. The van der Waals surface area contributed by atoms with Gasteiger partial charge in [0.25, 0.3) is 10.0 Å². The van der Waals surface area contributed by atoms with E-state index in [4.69, 9.17) is 5.11 Å². The second-order valence-corrected chi connectivity index (χ2v) is 5.20. The predicted molar refractivity (Wildman–Crippen MR) is 61.7 cm³/mol. The minimum atomic E-state index is -3.90. The van der Waals surface area contributed by atoms with Gasteiger partial charge in [0.1, 0.15) is 12.2 Å². The van der Waals surface area contributed by atoms with Crippen LogP contribution in [0.25, 0.3) is 0 Å². The second kappa shape index (κ2) is 5.24. The highest BCUT2D eigenvalue weighted by atomic mass is 32.2. The Labute approximate surface area is 99.3 Å². The number of rotatable bonds is 4. The van der Waals surface area contributed by atoms with Gasteiger partial charge >= 0.3 is 0 Å². The Balaban J connectivity index is 3.12. The minimum Gasteiger partial charge on any atom is -0.392 e. The van der Waals surface area contributed by atoms with E-state index in [2.05, 4.69) is 4.40 Å². The number of sulfonamides is 1. The van der Waals surface area contributed by atoms with Crippen LogP contribution in [0.1, 0.15) is 5.56 Å². The molecule has 0 unspecified atom stereocenters. The molecule has 1 aromatic carbocycles. The van der Waals surface area contributed by atoms with Crippen LogP contribution in [-0.2, 0) is 16.6 Å². The van der Waals surface area contributed by atoms with Gasteiger partial charge in [-0.25, -0.2) is 4.39 Å². The van der Waals surface area contributed by atoms with E-state index >= 15 is 0 Å². The highest BCUT2D eigenvalue weighted by Crippen LogP contribution is 2.16. The van der Waals surface area contributed by atoms with Crippen molar-refractivity contribution < 1.29 is 17.9 Å². The maximum Gasteiger partial charge on any atom is 0.283 e. The van der Waals surface area contributed by atoms with Crippen LogP contribution in [0, 0.1) is 5.82 Å². The highest BCUT2D eigenvalue weighted by Gasteiger charge is 2.14. The molecular formula is C10H13FN2O3S. The van der Waals surface area contributed by atoms with E-state index in [0.717, 1.165) is 12.4 Å². The lowest BCUT2D eigenvalue weighted by atomic mass is 10.2. The van der Waals surface area contributed by atoms with Crippen molar-refractivity contribution in [2.24, 2.45) is 4.40 Å². The molecule has 1 N–H and O–H groups in total. The molecule has 0 saturated carbocycles. The molecule has 0 aliphatic heterocycles. The average Bonchev–Trinajstić information content (AvgIpc) is 2.26. The Hall–Kier alpha value is -1.47. The molecule has 0 heterocycles. The summed E-state index contributed by atoms with van der Waals surface area (Å²) in [5.41, 5.74) is 0.0422. The number of benzene rings is 1. The van der Waals surface area contributed by atoms with Crippen LogP contribution in [0.5, 0.6) is 0 Å². The Kier molecular flexibility index (Phi) is 4.19. The van der Waals surface area contributed by atoms with Crippen molar-refractivity contribution >= 4 is 16.4 Å². The van der Waals surface area contributed by atoms with Crippen LogP contribution in [0.4, 0.5) is 4.39 Å². The second-order valence-electron chi connectivity index (χ2n) is 3.57. The van der Waals surface area contributed by atoms with Gasteiger partial charge in [0.2, 0.25) is 0 Å². The zero-order chi connectivity index (χ0) is 13.1. The van der Waals surface area contributed by atoms with Crippen molar-refractivity contribution in [2.45, 2.75) is 11.5 Å². The van der Waals surface area contributed by atoms with E-state index in [-0.39, 0.29) is 10.5 Å². The van der Waals surface area contributed by atoms with Crippen LogP contribution < -0.4 is 0 Å². The van der Waals surface area contributed by atoms with Crippen molar-refractivity contribution in [3.8, 4) is 0 Å². The fourth-order valence-corrected chi connectivity index (χ4v) is 1.96. The first-order valence-corrected chi connectivity index (χ1v) is 6.17. The summed E-state index contributed by atoms with van der Waals surface area (Å²) in [5.74, 6) is -0.770. The monoisotopic (exact) mass is 260 g/mol. The Morgan fingerprint density at radius 2 is 2.12 bits per heavy atom. The zero-order valence-corrected chi connectivity index (χ0v) is 10.3. The molecule has 0 saturated heterocycles. The Morgan fingerprint density at radius 1 is 1.47 bits per heavy atom. The number of halogens is 1. The fraction of sp³-hybridized carbons (Fsp3) is 0.300. The lowest BCUT2D eigenvalue weighted by Gasteiger charge is -2.04. The number of aliphatic hydroxyl groups is 1. The maximum atomic E-state index is 13.3. The topological polar surface area (TPSA) is 70.0 Å². The summed E-state index contributed by atoms with van der Waals surface area (Å²) in [7, 11) is -0.658. The lowest BCUT2D eigenvalue weighted by molar-refractivity contribution is 0.275. The first kappa shape index (κ1) is 13.6. The fourth-order valence-electron chi connectivity index (χ4n) is 1.03. The number of nitrogens with zero attached hydrogens (tertiary/aromatic N) is 2. The standard InChI is InChI=1S/C10H13FN2O3S/c1-13(2)7-12-17(15,16)9-4-3-8(6-14)10(11)5-9/h3-5,7,14H,6H2,1-2H3/b12-7-. The van der Waals surface area contributed by atoms with Crippen molar-refractivity contribution in [2.75, 3.05) is 14.1 Å². The molecular weight excluding hydrogens is 247 g/mol. The quantitative estimate of drug-likeness (QED) is 0.635. The summed E-state index contributed by atoms with van der Waals surface area (Å²) in [6, 6.07) is 3.26. The van der Waals surface area contributed by atoms with Crippen LogP contribution in [-0.4, -0.2) is 38.9 Å². The molecule has 17 heavy (non-hydrogen) atoms. The molecule has 1 aromatic rings. The molecule has 0 atom stereocenters. The summed E-state index contributed by atoms with van der Waals surface area (Å²) in [6.45, 7) is -0.479. The summed E-state index contributed by atoms with van der Waals surface area (Å²) >= 11 is 0. The molecule has 0 radical (unpaired) electrons. The maximum absolute atomic E-state index is 13.3. The van der Waals surface area contributed by atoms with E-state index in [1.807, 2.05) is 0 Å². The third kappa shape index (κ3) is 3.50. The molecule has 0 amide bonds. The van der Waals surface area contributed by atoms with Crippen LogP contribution in [0.2, 0.25) is 0 Å². The van der Waals surface area contributed by atoms with Crippen molar-refractivity contribution in [1.82, 2.24) is 4.90 Å². The van der Waals surface area contributed by atoms with Crippen molar-refractivity contribution in [1.29, 1.82) is 0 Å². The van der Waals surface area contributed by atoms with Gasteiger partial charge in [-0.2, -0.15) is 8.42 Å². The Bertz CT molecular complexity index is 526. The van der Waals surface area contributed by atoms with Gasteiger partial charge in [-0.15, -0.1) is 4.40 Å². The summed E-state index contributed by atoms with van der Waals surface area (Å²) in [4.78, 5) is 1.21. The van der Waals surface area contributed by atoms with Gasteiger partial charge in [0.05, 0.1) is 11.5 Å². The van der Waals surface area contributed by atoms with E-state index in [0.29, 0.717) is 0 Å². The lowest BCUT2D eigenvalue weighted by Crippen LogP contribution is -2.10. The SMILES string of the molecule is CN(C)/C=N\S(=O)(=O)c1ccc(CO)c(F)c1. The number of aliphatic hydroxyl groups excluding tert-OH is 1. The van der Waals surface area contributed by atoms with E-state index in [1.54, 1.807) is 14.1 Å². The molecule has 94 valence electrons. The van der Waals surface area contributed by atoms with Gasteiger partial charge in [0, 0.05) is 19.7 Å².